The van der Waals surface area contributed by atoms with E-state index < -0.39 is 5.97 Å². The highest BCUT2D eigenvalue weighted by Crippen LogP contribution is 2.23. The highest BCUT2D eigenvalue weighted by Gasteiger charge is 2.12. The van der Waals surface area contributed by atoms with Crippen molar-refractivity contribution in [2.45, 2.75) is 45.6 Å². The van der Waals surface area contributed by atoms with E-state index in [1.54, 1.807) is 0 Å². The summed E-state index contributed by atoms with van der Waals surface area (Å²) in [6.45, 7) is 4.75. The molecular formula is C17H20N2O2. The van der Waals surface area contributed by atoms with E-state index in [-0.39, 0.29) is 6.42 Å². The van der Waals surface area contributed by atoms with E-state index in [9.17, 15) is 4.79 Å². The second-order valence-electron chi connectivity index (χ2n) is 5.47. The molecule has 2 rings (SSSR count). The van der Waals surface area contributed by atoms with Gasteiger partial charge in [0.15, 0.2) is 0 Å². The van der Waals surface area contributed by atoms with Gasteiger partial charge < -0.3 is 9.67 Å². The normalized spacial score (nSPS) is 11.0. The average molecular weight is 284 g/mol. The number of hydrogen-bond donors (Lipinski definition) is 1. The van der Waals surface area contributed by atoms with Crippen LogP contribution in [0.4, 0.5) is 0 Å². The van der Waals surface area contributed by atoms with Gasteiger partial charge in [-0.25, -0.2) is 4.98 Å². The molecule has 0 aliphatic rings. The van der Waals surface area contributed by atoms with E-state index >= 15 is 0 Å². The van der Waals surface area contributed by atoms with Gasteiger partial charge in [0.05, 0.1) is 17.6 Å². The molecule has 1 aromatic heterocycles. The van der Waals surface area contributed by atoms with Gasteiger partial charge in [-0.2, -0.15) is 0 Å². The van der Waals surface area contributed by atoms with Crippen molar-refractivity contribution in [1.29, 1.82) is 0 Å². The first-order valence-electron chi connectivity index (χ1n) is 7.17. The van der Waals surface area contributed by atoms with Crippen LogP contribution < -0.4 is 0 Å². The zero-order valence-corrected chi connectivity index (χ0v) is 12.5. The van der Waals surface area contributed by atoms with Crippen LogP contribution in [0.2, 0.25) is 0 Å². The quantitative estimate of drug-likeness (QED) is 0.829. The third kappa shape index (κ3) is 3.43. The number of aryl methyl sites for hydroxylation is 1. The second-order valence-corrected chi connectivity index (χ2v) is 5.47. The summed E-state index contributed by atoms with van der Waals surface area (Å²) in [6.07, 6.45) is 6.79. The van der Waals surface area contributed by atoms with Gasteiger partial charge in [-0.1, -0.05) is 25.8 Å². The number of imidazole rings is 1. The average Bonchev–Trinajstić information content (AvgIpc) is 2.76. The number of rotatable bonds is 6. The first-order valence-corrected chi connectivity index (χ1v) is 7.17. The molecule has 21 heavy (non-hydrogen) atoms. The number of aromatic nitrogens is 2. The summed E-state index contributed by atoms with van der Waals surface area (Å²) >= 11 is 0. The lowest BCUT2D eigenvalue weighted by Crippen LogP contribution is -2.04. The summed E-state index contributed by atoms with van der Waals surface area (Å²) in [4.78, 5) is 15.3. The molecule has 0 saturated carbocycles. The first kappa shape index (κ1) is 15.1. The predicted octanol–water partition coefficient (Wildman–Crippen LogP) is 3.20. The lowest BCUT2D eigenvalue weighted by molar-refractivity contribution is -0.137. The summed E-state index contributed by atoms with van der Waals surface area (Å²) in [7, 11) is 0. The Labute approximate surface area is 124 Å². The van der Waals surface area contributed by atoms with Gasteiger partial charge in [-0.15, -0.1) is 6.42 Å². The van der Waals surface area contributed by atoms with Crippen LogP contribution in [0, 0.1) is 12.3 Å². The highest BCUT2D eigenvalue weighted by molar-refractivity contribution is 5.77. The van der Waals surface area contributed by atoms with Crippen LogP contribution >= 0.6 is 0 Å². The molecular weight excluding hydrogens is 264 g/mol. The Morgan fingerprint density at radius 3 is 2.86 bits per heavy atom. The standard InChI is InChI=1S/C17H20N2O2/c1-4-10-19-15-9-8-13(12(2)3)11-14(15)18-16(19)6-5-7-17(20)21/h1,8-9,11-12H,5-7,10H2,2-3H3,(H,20,21). The van der Waals surface area contributed by atoms with Crippen molar-refractivity contribution in [2.24, 2.45) is 0 Å². The summed E-state index contributed by atoms with van der Waals surface area (Å²) in [5.41, 5.74) is 3.19. The zero-order chi connectivity index (χ0) is 15.4. The molecule has 0 aliphatic carbocycles. The smallest absolute Gasteiger partial charge is 0.303 e. The molecule has 1 heterocycles. The maximum Gasteiger partial charge on any atom is 0.303 e. The Morgan fingerprint density at radius 2 is 2.24 bits per heavy atom. The largest absolute Gasteiger partial charge is 0.481 e. The summed E-state index contributed by atoms with van der Waals surface area (Å²) < 4.78 is 2.00. The molecule has 0 fully saturated rings. The van der Waals surface area contributed by atoms with E-state index in [1.165, 1.54) is 5.56 Å². The minimum absolute atomic E-state index is 0.149. The molecule has 4 heteroatoms. The molecule has 0 amide bonds. The molecule has 1 aromatic carbocycles. The predicted molar refractivity (Wildman–Crippen MR) is 83.2 cm³/mol. The minimum atomic E-state index is -0.781. The second kappa shape index (κ2) is 6.45. The number of carboxylic acids is 1. The van der Waals surface area contributed by atoms with Crippen LogP contribution in [0.25, 0.3) is 11.0 Å². The molecule has 0 bridgehead atoms. The minimum Gasteiger partial charge on any atom is -0.481 e. The molecule has 4 nitrogen and oxygen atoms in total. The number of hydrogen-bond acceptors (Lipinski definition) is 2. The molecule has 1 N–H and O–H groups in total. The van der Waals surface area contributed by atoms with Crippen LogP contribution in [-0.4, -0.2) is 20.6 Å². The summed E-state index contributed by atoms with van der Waals surface area (Å²) in [5, 5.41) is 8.74. The van der Waals surface area contributed by atoms with Gasteiger partial charge in [0, 0.05) is 12.8 Å². The van der Waals surface area contributed by atoms with Crippen LogP contribution in [-0.2, 0) is 17.8 Å². The molecule has 110 valence electrons. The third-order valence-electron chi connectivity index (χ3n) is 3.56. The number of fused-ring (bicyclic) bond motifs is 1. The molecule has 2 aromatic rings. The fourth-order valence-corrected chi connectivity index (χ4v) is 2.41. The summed E-state index contributed by atoms with van der Waals surface area (Å²) in [5.74, 6) is 3.18. The molecule has 0 saturated heterocycles. The summed E-state index contributed by atoms with van der Waals surface area (Å²) in [6, 6.07) is 6.24. The van der Waals surface area contributed by atoms with Crippen molar-refractivity contribution in [3.63, 3.8) is 0 Å². The van der Waals surface area contributed by atoms with Crippen molar-refractivity contribution >= 4 is 17.0 Å². The fourth-order valence-electron chi connectivity index (χ4n) is 2.41. The molecule has 0 radical (unpaired) electrons. The Hall–Kier alpha value is -2.28. The van der Waals surface area contributed by atoms with Crippen LogP contribution in [0.3, 0.4) is 0 Å². The van der Waals surface area contributed by atoms with Crippen LogP contribution in [0.1, 0.15) is 44.0 Å². The van der Waals surface area contributed by atoms with E-state index in [1.807, 2.05) is 4.57 Å². The number of terminal acetylenes is 1. The van der Waals surface area contributed by atoms with Gasteiger partial charge in [-0.3, -0.25) is 4.79 Å². The number of benzene rings is 1. The van der Waals surface area contributed by atoms with Gasteiger partial charge in [-0.05, 0) is 30.0 Å². The maximum atomic E-state index is 10.6. The van der Waals surface area contributed by atoms with E-state index in [2.05, 4.69) is 43.0 Å². The van der Waals surface area contributed by atoms with Crippen molar-refractivity contribution < 1.29 is 9.90 Å². The fraction of sp³-hybridized carbons (Fsp3) is 0.412. The number of aliphatic carboxylic acids is 1. The van der Waals surface area contributed by atoms with Crippen LogP contribution in [0.15, 0.2) is 18.2 Å². The van der Waals surface area contributed by atoms with Gasteiger partial charge in [0.1, 0.15) is 5.82 Å². The lowest BCUT2D eigenvalue weighted by Gasteiger charge is -2.06. The lowest BCUT2D eigenvalue weighted by atomic mass is 10.0. The van der Waals surface area contributed by atoms with E-state index in [4.69, 9.17) is 11.5 Å². The molecule has 0 aliphatic heterocycles. The highest BCUT2D eigenvalue weighted by atomic mass is 16.4. The Kier molecular flexibility index (Phi) is 4.64. The van der Waals surface area contributed by atoms with Gasteiger partial charge in [0.25, 0.3) is 0 Å². The monoisotopic (exact) mass is 284 g/mol. The third-order valence-corrected chi connectivity index (χ3v) is 3.56. The number of carboxylic acid groups (broad SMARTS) is 1. The van der Waals surface area contributed by atoms with Crippen molar-refractivity contribution in [3.05, 3.63) is 29.6 Å². The van der Waals surface area contributed by atoms with Crippen molar-refractivity contribution in [1.82, 2.24) is 9.55 Å². The Bertz CT molecular complexity index is 693. The van der Waals surface area contributed by atoms with Gasteiger partial charge >= 0.3 is 5.97 Å². The molecule has 0 spiro atoms. The first-order chi connectivity index (χ1) is 10.0. The topological polar surface area (TPSA) is 55.1 Å². The van der Waals surface area contributed by atoms with Crippen molar-refractivity contribution in [2.75, 3.05) is 0 Å². The van der Waals surface area contributed by atoms with E-state index in [0.717, 1.165) is 16.9 Å². The van der Waals surface area contributed by atoms with E-state index in [0.29, 0.717) is 25.3 Å². The van der Waals surface area contributed by atoms with Gasteiger partial charge in [0.2, 0.25) is 0 Å². The number of carbonyl (C=O) groups is 1. The molecule has 0 unspecified atom stereocenters. The number of nitrogens with zero attached hydrogens (tertiary/aromatic N) is 2. The SMILES string of the molecule is C#CCn1c(CCCC(=O)O)nc2cc(C(C)C)ccc21. The molecule has 0 atom stereocenters. The Balaban J connectivity index is 2.36. The zero-order valence-electron chi connectivity index (χ0n) is 12.5. The Morgan fingerprint density at radius 1 is 1.48 bits per heavy atom. The van der Waals surface area contributed by atoms with Crippen LogP contribution in [0.5, 0.6) is 0 Å². The maximum absolute atomic E-state index is 10.6. The van der Waals surface area contributed by atoms with Crippen molar-refractivity contribution in [3.8, 4) is 12.3 Å².